The zero-order chi connectivity index (χ0) is 19.7. The van der Waals surface area contributed by atoms with Crippen molar-refractivity contribution in [3.05, 3.63) is 56.6 Å². The van der Waals surface area contributed by atoms with Gasteiger partial charge in [-0.25, -0.2) is 14.2 Å². The molecule has 9 nitrogen and oxygen atoms in total. The van der Waals surface area contributed by atoms with Crippen LogP contribution in [0.2, 0.25) is 0 Å². The Kier molecular flexibility index (Phi) is 4.68. The van der Waals surface area contributed by atoms with Crippen LogP contribution in [0.4, 0.5) is 20.6 Å². The summed E-state index contributed by atoms with van der Waals surface area (Å²) in [7, 11) is 0. The summed E-state index contributed by atoms with van der Waals surface area (Å²) in [6, 6.07) is 3.47. The highest BCUT2D eigenvalue weighted by atomic mass is 32.1. The number of urea groups is 1. The van der Waals surface area contributed by atoms with Crippen molar-refractivity contribution in [1.29, 1.82) is 0 Å². The number of aromatic nitrogens is 3. The maximum Gasteiger partial charge on any atom is 0.322 e. The molecule has 0 bridgehead atoms. The van der Waals surface area contributed by atoms with Gasteiger partial charge >= 0.3 is 6.03 Å². The minimum atomic E-state index is -0.655. The summed E-state index contributed by atoms with van der Waals surface area (Å²) in [5.74, 6) is -0.655. The molecule has 28 heavy (non-hydrogen) atoms. The van der Waals surface area contributed by atoms with Crippen molar-refractivity contribution in [2.45, 2.75) is 25.9 Å². The Morgan fingerprint density at radius 2 is 2.39 bits per heavy atom. The molecule has 3 heterocycles. The Balaban J connectivity index is 1.57. The fourth-order valence-electron chi connectivity index (χ4n) is 3.20. The number of nitrogens with zero attached hydrogens (tertiary/aromatic N) is 6. The Bertz CT molecular complexity index is 1070. The van der Waals surface area contributed by atoms with E-state index in [1.54, 1.807) is 10.4 Å². The molecule has 2 amide bonds. The van der Waals surface area contributed by atoms with E-state index >= 15 is 0 Å². The first-order valence-corrected chi connectivity index (χ1v) is 9.38. The second kappa shape index (κ2) is 7.29. The number of carbonyl (C=O) groups excluding carboxylic acids is 1. The average molecular weight is 398 g/mol. The predicted molar refractivity (Wildman–Crippen MR) is 103 cm³/mol. The lowest BCUT2D eigenvalue weighted by atomic mass is 9.99. The van der Waals surface area contributed by atoms with Crippen LogP contribution < -0.4 is 5.32 Å². The van der Waals surface area contributed by atoms with Crippen LogP contribution in [0.25, 0.3) is 21.8 Å². The Morgan fingerprint density at radius 3 is 3.14 bits per heavy atom. The molecule has 2 aromatic heterocycles. The first kappa shape index (κ1) is 18.0. The lowest BCUT2D eigenvalue weighted by molar-refractivity contribution is 0.182. The predicted octanol–water partition coefficient (Wildman–Crippen LogP) is 4.59. The first-order chi connectivity index (χ1) is 13.6. The van der Waals surface area contributed by atoms with Crippen molar-refractivity contribution in [1.82, 2.24) is 20.1 Å². The normalized spacial score (nSPS) is 15.6. The third-order valence-electron chi connectivity index (χ3n) is 4.60. The van der Waals surface area contributed by atoms with Crippen molar-refractivity contribution >= 4 is 28.7 Å². The van der Waals surface area contributed by atoms with Gasteiger partial charge in [0.1, 0.15) is 17.2 Å². The van der Waals surface area contributed by atoms with Gasteiger partial charge in [0.05, 0.1) is 17.7 Å². The molecular weight excluding hydrogens is 383 g/mol. The first-order valence-electron chi connectivity index (χ1n) is 8.43. The lowest BCUT2D eigenvalue weighted by Crippen LogP contribution is -2.44. The number of fused-ring (bicyclic) bond motifs is 1. The Labute approximate surface area is 162 Å². The molecule has 1 aliphatic rings. The van der Waals surface area contributed by atoms with Crippen molar-refractivity contribution in [3.63, 3.8) is 0 Å². The van der Waals surface area contributed by atoms with Crippen molar-refractivity contribution in [3.8, 4) is 11.4 Å². The van der Waals surface area contributed by atoms with E-state index < -0.39 is 5.82 Å². The van der Waals surface area contributed by atoms with E-state index in [4.69, 9.17) is 5.53 Å². The molecule has 11 heteroatoms. The number of hydrogen-bond donors (Lipinski definition) is 2. The number of H-pyrrole nitrogens is 1. The number of hydrogen-bond acceptors (Lipinski definition) is 5. The van der Waals surface area contributed by atoms with Crippen LogP contribution >= 0.6 is 11.3 Å². The van der Waals surface area contributed by atoms with E-state index in [1.807, 2.05) is 12.3 Å². The number of aromatic amines is 1. The molecule has 1 unspecified atom stereocenters. The number of benzene rings is 1. The van der Waals surface area contributed by atoms with Crippen LogP contribution in [0.15, 0.2) is 34.2 Å². The molecule has 0 aliphatic carbocycles. The van der Waals surface area contributed by atoms with Gasteiger partial charge in [0.2, 0.25) is 0 Å². The fraction of sp³-hybridized carbons (Fsp3) is 0.235. The maximum atomic E-state index is 13.6. The molecule has 4 rings (SSSR count). The molecule has 0 fully saturated rings. The SMILES string of the molecule is CC1Cc2[nH]nc(-c3cscn3)c2CN1C(=O)Nc1ccc(F)c(N=[N+]=[N-])c1. The van der Waals surface area contributed by atoms with Crippen LogP contribution in [0.3, 0.4) is 0 Å². The van der Waals surface area contributed by atoms with Crippen molar-refractivity contribution in [2.75, 3.05) is 5.32 Å². The highest BCUT2D eigenvalue weighted by molar-refractivity contribution is 7.07. The van der Waals surface area contributed by atoms with Crippen molar-refractivity contribution in [2.24, 2.45) is 5.11 Å². The number of thiazole rings is 1. The molecular formula is C17H15FN8OS. The van der Waals surface area contributed by atoms with Gasteiger partial charge in [-0.15, -0.1) is 11.3 Å². The third kappa shape index (κ3) is 3.28. The highest BCUT2D eigenvalue weighted by Gasteiger charge is 2.31. The van der Waals surface area contributed by atoms with Gasteiger partial charge in [-0.05, 0) is 30.7 Å². The van der Waals surface area contributed by atoms with Crippen LogP contribution in [-0.2, 0) is 13.0 Å². The summed E-state index contributed by atoms with van der Waals surface area (Å²) < 4.78 is 13.6. The highest BCUT2D eigenvalue weighted by Crippen LogP contribution is 2.31. The number of nitrogens with one attached hydrogen (secondary N) is 2. The Morgan fingerprint density at radius 1 is 1.54 bits per heavy atom. The molecule has 2 N–H and O–H groups in total. The van der Waals surface area contributed by atoms with Gasteiger partial charge in [0, 0.05) is 39.7 Å². The fourth-order valence-corrected chi connectivity index (χ4v) is 3.73. The zero-order valence-corrected chi connectivity index (χ0v) is 15.6. The number of rotatable bonds is 3. The average Bonchev–Trinajstić information content (AvgIpc) is 3.33. The second-order valence-corrected chi connectivity index (χ2v) is 7.09. The second-order valence-electron chi connectivity index (χ2n) is 6.37. The molecule has 1 aliphatic heterocycles. The molecule has 1 aromatic carbocycles. The summed E-state index contributed by atoms with van der Waals surface area (Å²) in [5.41, 5.74) is 13.9. The van der Waals surface area contributed by atoms with E-state index in [1.165, 1.54) is 23.5 Å². The minimum absolute atomic E-state index is 0.0618. The van der Waals surface area contributed by atoms with E-state index in [0.717, 1.165) is 28.7 Å². The lowest BCUT2D eigenvalue weighted by Gasteiger charge is -2.33. The van der Waals surface area contributed by atoms with Gasteiger partial charge < -0.3 is 10.2 Å². The summed E-state index contributed by atoms with van der Waals surface area (Å²) in [6.45, 7) is 2.32. The Hall–Kier alpha value is -3.43. The van der Waals surface area contributed by atoms with E-state index in [2.05, 4.69) is 30.5 Å². The number of anilines is 1. The van der Waals surface area contributed by atoms with Crippen LogP contribution in [0, 0.1) is 5.82 Å². The van der Waals surface area contributed by atoms with Crippen LogP contribution in [0.5, 0.6) is 0 Å². The van der Waals surface area contributed by atoms with Crippen LogP contribution in [-0.4, -0.2) is 32.2 Å². The molecule has 3 aromatic rings. The number of azide groups is 1. The quantitative estimate of drug-likeness (QED) is 0.381. The zero-order valence-electron chi connectivity index (χ0n) is 14.8. The summed E-state index contributed by atoms with van der Waals surface area (Å²) in [4.78, 5) is 21.4. The van der Waals surface area contributed by atoms with Crippen LogP contribution in [0.1, 0.15) is 18.2 Å². The monoisotopic (exact) mass is 398 g/mol. The molecule has 0 saturated carbocycles. The molecule has 0 radical (unpaired) electrons. The topological polar surface area (TPSA) is 123 Å². The van der Waals surface area contributed by atoms with E-state index in [9.17, 15) is 9.18 Å². The van der Waals surface area contributed by atoms with E-state index in [0.29, 0.717) is 18.7 Å². The van der Waals surface area contributed by atoms with Gasteiger partial charge in [0.25, 0.3) is 0 Å². The molecule has 1 atom stereocenters. The summed E-state index contributed by atoms with van der Waals surface area (Å²) in [6.07, 6.45) is 0.632. The van der Waals surface area contributed by atoms with E-state index in [-0.39, 0.29) is 17.8 Å². The number of amides is 2. The van der Waals surface area contributed by atoms with Gasteiger partial charge in [-0.2, -0.15) is 5.10 Å². The maximum absolute atomic E-state index is 13.6. The number of halogens is 1. The standard InChI is InChI=1S/C17H15FN8OS/c1-9-4-13-11(16(24-22-13)15-7-28-8-20-15)6-26(9)17(27)21-10-2-3-12(18)14(5-10)23-25-19/h2-3,5,7-9H,4,6H2,1H3,(H,21,27)(H,22,24). The largest absolute Gasteiger partial charge is 0.322 e. The molecule has 142 valence electrons. The smallest absolute Gasteiger partial charge is 0.317 e. The molecule has 0 saturated heterocycles. The molecule has 0 spiro atoms. The third-order valence-corrected chi connectivity index (χ3v) is 5.18. The number of carbonyl (C=O) groups is 1. The summed E-state index contributed by atoms with van der Waals surface area (Å²) in [5, 5.41) is 15.4. The van der Waals surface area contributed by atoms with Gasteiger partial charge in [0.15, 0.2) is 0 Å². The minimum Gasteiger partial charge on any atom is -0.317 e. The van der Waals surface area contributed by atoms with Gasteiger partial charge in [-0.1, -0.05) is 5.11 Å². The summed E-state index contributed by atoms with van der Waals surface area (Å²) >= 11 is 1.48. The van der Waals surface area contributed by atoms with Gasteiger partial charge in [-0.3, -0.25) is 5.10 Å². The van der Waals surface area contributed by atoms with Crippen molar-refractivity contribution < 1.29 is 9.18 Å².